The van der Waals surface area contributed by atoms with E-state index in [-0.39, 0.29) is 24.1 Å². The maximum Gasteiger partial charge on any atom is 0.347 e. The van der Waals surface area contributed by atoms with Gasteiger partial charge in [-0.3, -0.25) is 19.2 Å². The maximum atomic E-state index is 14.5. The number of ketones is 1. The molecule has 5 rings (SSSR count). The molecule has 2 saturated carbocycles. The van der Waals surface area contributed by atoms with E-state index in [9.17, 15) is 24.0 Å². The summed E-state index contributed by atoms with van der Waals surface area (Å²) in [6.45, 7) is 10.1. The monoisotopic (exact) mass is 570 g/mol. The summed E-state index contributed by atoms with van der Waals surface area (Å²) < 4.78 is 27.8. The SMILES string of the molecule is COC(=O)C(OC(C)=O)C1C(C)(C)[C@H](OC(C)=O)C2CC3=C4CC(=O)O[C@@H](c5ccoc5)[C@]4(C)CCC3[C@@]1(C)C2=O. The number of methoxy groups -OCH3 is 1. The fourth-order valence-electron chi connectivity index (χ4n) is 8.83. The number of hydrogen-bond acceptors (Lipinski definition) is 10. The van der Waals surface area contributed by atoms with Crippen LogP contribution in [0.3, 0.4) is 0 Å². The number of ether oxygens (including phenoxy) is 4. The van der Waals surface area contributed by atoms with Crippen molar-refractivity contribution in [1.82, 2.24) is 0 Å². The first-order valence-corrected chi connectivity index (χ1v) is 14.1. The molecular formula is C31H38O10. The Labute approximate surface area is 239 Å². The minimum Gasteiger partial charge on any atom is -0.472 e. The molecule has 0 radical (unpaired) electrons. The fourth-order valence-corrected chi connectivity index (χ4v) is 8.83. The fraction of sp³-hybridized carbons (Fsp3) is 0.645. The van der Waals surface area contributed by atoms with Gasteiger partial charge in [-0.05, 0) is 36.8 Å². The molecule has 4 unspecified atom stereocenters. The summed E-state index contributed by atoms with van der Waals surface area (Å²) in [4.78, 5) is 65.4. The van der Waals surface area contributed by atoms with Crippen molar-refractivity contribution >= 4 is 29.7 Å². The summed E-state index contributed by atoms with van der Waals surface area (Å²) in [5, 5.41) is 0. The van der Waals surface area contributed by atoms with E-state index >= 15 is 0 Å². The Morgan fingerprint density at radius 1 is 1.07 bits per heavy atom. The zero-order valence-corrected chi connectivity index (χ0v) is 24.6. The van der Waals surface area contributed by atoms with Crippen LogP contribution in [0.5, 0.6) is 0 Å². The van der Waals surface area contributed by atoms with Gasteiger partial charge in [0.2, 0.25) is 6.10 Å². The van der Waals surface area contributed by atoms with Crippen LogP contribution in [-0.4, -0.2) is 49.0 Å². The first kappa shape index (κ1) is 29.1. The van der Waals surface area contributed by atoms with Crippen LogP contribution in [-0.2, 0) is 42.9 Å². The van der Waals surface area contributed by atoms with E-state index in [2.05, 4.69) is 6.92 Å². The van der Waals surface area contributed by atoms with Crippen LogP contribution in [0.4, 0.5) is 0 Å². The highest BCUT2D eigenvalue weighted by Crippen LogP contribution is 2.68. The molecule has 8 atom stereocenters. The Bertz CT molecular complexity index is 1320. The number of carbonyl (C=O) groups excluding carboxylic acids is 5. The topological polar surface area (TPSA) is 135 Å². The van der Waals surface area contributed by atoms with Gasteiger partial charge in [-0.15, -0.1) is 0 Å². The molecular weight excluding hydrogens is 532 g/mol. The van der Waals surface area contributed by atoms with Gasteiger partial charge in [-0.25, -0.2) is 4.79 Å². The van der Waals surface area contributed by atoms with E-state index in [0.717, 1.165) is 16.7 Å². The van der Waals surface area contributed by atoms with Crippen LogP contribution >= 0.6 is 0 Å². The molecule has 3 aliphatic carbocycles. The second kappa shape index (κ2) is 9.84. The van der Waals surface area contributed by atoms with Crippen LogP contribution in [0.25, 0.3) is 0 Å². The zero-order valence-electron chi connectivity index (χ0n) is 24.6. The highest BCUT2D eigenvalue weighted by atomic mass is 16.6. The average molecular weight is 571 g/mol. The first-order chi connectivity index (χ1) is 19.2. The second-order valence-corrected chi connectivity index (χ2v) is 13.0. The van der Waals surface area contributed by atoms with Crippen molar-refractivity contribution in [1.29, 1.82) is 0 Å². The van der Waals surface area contributed by atoms with Crippen LogP contribution in [0.1, 0.15) is 78.9 Å². The van der Waals surface area contributed by atoms with Gasteiger partial charge in [0.1, 0.15) is 18.0 Å². The van der Waals surface area contributed by atoms with Gasteiger partial charge in [0.25, 0.3) is 0 Å². The van der Waals surface area contributed by atoms with E-state index in [1.807, 2.05) is 20.8 Å². The van der Waals surface area contributed by atoms with Gasteiger partial charge in [0.05, 0.1) is 32.0 Å². The third kappa shape index (κ3) is 4.24. The third-order valence-electron chi connectivity index (χ3n) is 10.3. The molecule has 3 fully saturated rings. The summed E-state index contributed by atoms with van der Waals surface area (Å²) in [5.74, 6) is -4.48. The number of Topliss-reactive ketones (excluding diaryl/α,β-unsaturated/α-hetero) is 1. The molecule has 0 spiro atoms. The molecule has 2 bridgehead atoms. The van der Waals surface area contributed by atoms with E-state index in [1.165, 1.54) is 21.0 Å². The van der Waals surface area contributed by atoms with Crippen molar-refractivity contribution in [2.45, 2.75) is 85.5 Å². The van der Waals surface area contributed by atoms with Crippen LogP contribution in [0, 0.1) is 34.0 Å². The Kier molecular flexibility index (Phi) is 6.98. The molecule has 1 aromatic rings. The van der Waals surface area contributed by atoms with Gasteiger partial charge < -0.3 is 23.4 Å². The standard InChI is InChI=1S/C31H38O10/c1-15(32)39-23(28(36)37-7)24-29(3,4)27(40-16(2)33)19-12-18-20(31(24,6)25(19)35)8-10-30(5)21(18)13-22(34)41-26(30)17-9-11-38-14-17/h9,11,14,19-20,23-24,26-27H,8,10,12-13H2,1-7H3/t19?,20?,23?,24?,26-,27+,30+,31+/m0/s1. The van der Waals surface area contributed by atoms with Gasteiger partial charge >= 0.3 is 23.9 Å². The number of cyclic esters (lactones) is 1. The van der Waals surface area contributed by atoms with Crippen molar-refractivity contribution in [3.63, 3.8) is 0 Å². The van der Waals surface area contributed by atoms with Crippen molar-refractivity contribution in [2.24, 2.45) is 34.0 Å². The lowest BCUT2D eigenvalue weighted by Gasteiger charge is -2.64. The van der Waals surface area contributed by atoms with E-state index in [1.54, 1.807) is 18.6 Å². The van der Waals surface area contributed by atoms with Crippen molar-refractivity contribution in [2.75, 3.05) is 7.11 Å². The predicted octanol–water partition coefficient (Wildman–Crippen LogP) is 4.27. The highest BCUT2D eigenvalue weighted by Gasteiger charge is 2.71. The molecule has 10 heteroatoms. The van der Waals surface area contributed by atoms with Crippen molar-refractivity contribution in [3.05, 3.63) is 35.3 Å². The summed E-state index contributed by atoms with van der Waals surface area (Å²) in [7, 11) is 1.20. The van der Waals surface area contributed by atoms with Gasteiger partial charge in [0.15, 0.2) is 0 Å². The summed E-state index contributed by atoms with van der Waals surface area (Å²) >= 11 is 0. The average Bonchev–Trinajstić information content (AvgIpc) is 3.42. The molecule has 0 aromatic carbocycles. The Hall–Kier alpha value is -3.43. The first-order valence-electron chi connectivity index (χ1n) is 14.1. The minimum atomic E-state index is -1.41. The molecule has 1 saturated heterocycles. The Morgan fingerprint density at radius 2 is 1.78 bits per heavy atom. The lowest BCUT2D eigenvalue weighted by Crippen LogP contribution is -2.69. The normalized spacial score (nSPS) is 36.3. The van der Waals surface area contributed by atoms with Gasteiger partial charge in [-0.2, -0.15) is 0 Å². The van der Waals surface area contributed by atoms with Crippen molar-refractivity contribution < 1.29 is 47.3 Å². The molecule has 41 heavy (non-hydrogen) atoms. The smallest absolute Gasteiger partial charge is 0.347 e. The van der Waals surface area contributed by atoms with E-state index < -0.39 is 64.3 Å². The van der Waals surface area contributed by atoms with E-state index in [0.29, 0.717) is 19.3 Å². The van der Waals surface area contributed by atoms with Gasteiger partial charge in [-0.1, -0.05) is 33.3 Å². The molecule has 1 aromatic heterocycles. The quantitative estimate of drug-likeness (QED) is 0.287. The van der Waals surface area contributed by atoms with Gasteiger partial charge in [0, 0.05) is 41.6 Å². The number of furan rings is 1. The summed E-state index contributed by atoms with van der Waals surface area (Å²) in [5.41, 5.74) is -0.0634. The lowest BCUT2D eigenvalue weighted by molar-refractivity contribution is -0.217. The molecule has 2 heterocycles. The largest absolute Gasteiger partial charge is 0.472 e. The number of esters is 4. The lowest BCUT2D eigenvalue weighted by atomic mass is 9.40. The number of rotatable bonds is 5. The van der Waals surface area contributed by atoms with Crippen LogP contribution in [0.2, 0.25) is 0 Å². The predicted molar refractivity (Wildman–Crippen MR) is 142 cm³/mol. The Balaban J connectivity index is 1.74. The second-order valence-electron chi connectivity index (χ2n) is 13.0. The summed E-state index contributed by atoms with van der Waals surface area (Å²) in [6, 6.07) is 1.79. The molecule has 0 N–H and O–H groups in total. The minimum absolute atomic E-state index is 0.0738. The molecule has 4 aliphatic rings. The highest BCUT2D eigenvalue weighted by molar-refractivity contribution is 5.93. The molecule has 1 aliphatic heterocycles. The number of allylic oxidation sites excluding steroid dienone is 1. The number of fused-ring (bicyclic) bond motifs is 5. The molecule has 10 nitrogen and oxygen atoms in total. The number of hydrogen-bond donors (Lipinski definition) is 0. The van der Waals surface area contributed by atoms with Crippen LogP contribution in [0.15, 0.2) is 34.2 Å². The molecule has 0 amide bonds. The summed E-state index contributed by atoms with van der Waals surface area (Å²) in [6.07, 6.45) is 1.84. The molecule has 222 valence electrons. The Morgan fingerprint density at radius 3 is 2.37 bits per heavy atom. The van der Waals surface area contributed by atoms with Crippen LogP contribution < -0.4 is 0 Å². The van der Waals surface area contributed by atoms with Crippen molar-refractivity contribution in [3.8, 4) is 0 Å². The third-order valence-corrected chi connectivity index (χ3v) is 10.3. The zero-order chi connectivity index (χ0) is 30.1. The maximum absolute atomic E-state index is 14.5. The number of carbonyl (C=O) groups is 5. The van der Waals surface area contributed by atoms with E-state index in [4.69, 9.17) is 23.4 Å².